The molecule has 2 heterocycles. The molecule has 0 spiro atoms. The molecule has 0 bridgehead atoms. The number of aliphatic hydroxyl groups excluding tert-OH is 7. The van der Waals surface area contributed by atoms with Gasteiger partial charge in [0.2, 0.25) is 0 Å². The van der Waals surface area contributed by atoms with Gasteiger partial charge in [-0.2, -0.15) is 0 Å². The fourth-order valence-electron chi connectivity index (χ4n) is 2.56. The van der Waals surface area contributed by atoms with E-state index < -0.39 is 73.8 Å². The Morgan fingerprint density at radius 2 is 1.29 bits per heavy atom. The van der Waals surface area contributed by atoms with E-state index in [1.54, 1.807) is 0 Å². The smallest absolute Gasteiger partial charge is 0.759 e. The predicted octanol–water partition coefficient (Wildman–Crippen LogP) is -3.76. The molecule has 0 aromatic heterocycles. The summed E-state index contributed by atoms with van der Waals surface area (Å²) in [5.41, 5.74) is -1.16. The van der Waals surface area contributed by atoms with Crippen LogP contribution in [0.4, 0.5) is 0 Å². The molecular weight excluding hydrogens is 600 g/mol. The maximum atomic E-state index is 10.0. The Morgan fingerprint density at radius 1 is 0.786 bits per heavy atom. The molecule has 2 fully saturated rings. The minimum absolute atomic E-state index is 0. The van der Waals surface area contributed by atoms with Gasteiger partial charge >= 0.3 is 22.4 Å². The minimum atomic E-state index is -1.68. The van der Waals surface area contributed by atoms with E-state index >= 15 is 0 Å². The first-order valence-electron chi connectivity index (χ1n) is 8.56. The topological polar surface area (TPSA) is 169 Å². The summed E-state index contributed by atoms with van der Waals surface area (Å²) >= 11 is 4.80. The summed E-state index contributed by atoms with van der Waals surface area (Å²) < 4.78 is 15.6. The van der Waals surface area contributed by atoms with Gasteiger partial charge in [-0.3, -0.25) is 0 Å². The molecule has 2 rings (SSSR count). The van der Waals surface area contributed by atoms with Crippen LogP contribution < -0.4 is 0 Å². The summed E-state index contributed by atoms with van der Waals surface area (Å²) in [5, 5.41) is 67.5. The van der Waals surface area contributed by atoms with Crippen molar-refractivity contribution in [2.24, 2.45) is 0 Å². The van der Waals surface area contributed by atoms with E-state index in [1.807, 2.05) is 0 Å². The van der Waals surface area contributed by atoms with Crippen LogP contribution in [0.15, 0.2) is 0 Å². The van der Waals surface area contributed by atoms with Crippen LogP contribution >= 0.6 is 7.92 Å². The molecule has 13 heteroatoms. The van der Waals surface area contributed by atoms with Crippen LogP contribution in [0.3, 0.4) is 0 Å². The second-order valence-electron chi connectivity index (χ2n) is 7.00. The second-order valence-corrected chi connectivity index (χ2v) is 10.5. The van der Waals surface area contributed by atoms with Crippen molar-refractivity contribution >= 4 is 20.6 Å². The van der Waals surface area contributed by atoms with Gasteiger partial charge in [-0.15, -0.1) is 0 Å². The van der Waals surface area contributed by atoms with Gasteiger partial charge in [0.25, 0.3) is 0 Å². The fraction of sp³-hybridized carbons (Fsp3) is 1.00. The van der Waals surface area contributed by atoms with Gasteiger partial charge in [-0.25, -0.2) is 0 Å². The van der Waals surface area contributed by atoms with Gasteiger partial charge in [0, 0.05) is 20.0 Å². The monoisotopic (exact) mass is 631 g/mol. The molecule has 0 aromatic rings. The first-order chi connectivity index (χ1) is 12.5. The van der Waals surface area contributed by atoms with Crippen molar-refractivity contribution in [1.29, 1.82) is 0 Å². The van der Waals surface area contributed by atoms with E-state index in [1.165, 1.54) is 0 Å². The summed E-state index contributed by atoms with van der Waals surface area (Å²) in [6.07, 6.45) is -13.0. The van der Waals surface area contributed by atoms with Crippen LogP contribution in [-0.2, 0) is 49.2 Å². The van der Waals surface area contributed by atoms with Crippen LogP contribution in [-0.4, -0.2) is 130 Å². The van der Waals surface area contributed by atoms with Gasteiger partial charge in [-0.05, 0) is 13.4 Å². The summed E-state index contributed by atoms with van der Waals surface area (Å²) in [6, 6.07) is 0. The van der Waals surface area contributed by atoms with Crippen molar-refractivity contribution in [2.45, 2.75) is 60.6 Å². The number of ether oxygens (including phenoxy) is 3. The Morgan fingerprint density at radius 3 is 1.75 bits per heavy atom. The van der Waals surface area contributed by atoms with Crippen LogP contribution in [0, 0.1) is 0 Å². The third-order valence-corrected chi connectivity index (χ3v) is 4.35. The van der Waals surface area contributed by atoms with Crippen molar-refractivity contribution in [1.82, 2.24) is 0 Å². The molecule has 10 nitrogen and oxygen atoms in total. The third-order valence-electron chi connectivity index (χ3n) is 3.96. The largest absolute Gasteiger partial charge is 1.00 e. The molecule has 28 heavy (non-hydrogen) atoms. The zero-order valence-electron chi connectivity index (χ0n) is 15.8. The number of aliphatic hydroxyl groups is 7. The average Bonchev–Trinajstić information content (AvgIpc) is 2.61. The zero-order valence-corrected chi connectivity index (χ0v) is 19.7. The van der Waals surface area contributed by atoms with Crippen molar-refractivity contribution in [3.63, 3.8) is 0 Å². The van der Waals surface area contributed by atoms with Crippen molar-refractivity contribution < 1.29 is 72.3 Å². The maximum Gasteiger partial charge on any atom is 1.00 e. The fourth-order valence-corrected chi connectivity index (χ4v) is 2.86. The van der Waals surface area contributed by atoms with E-state index in [0.717, 1.165) is 0 Å². The summed E-state index contributed by atoms with van der Waals surface area (Å²) in [7, 11) is 0.120. The third kappa shape index (κ3) is 7.67. The Bertz CT molecular complexity index is 433. The van der Waals surface area contributed by atoms with Gasteiger partial charge in [0.1, 0.15) is 42.7 Å². The first kappa shape index (κ1) is 29.1. The summed E-state index contributed by atoms with van der Waals surface area (Å²) in [4.78, 5) is 0. The van der Waals surface area contributed by atoms with Crippen LogP contribution in [0.5, 0.6) is 0 Å². The van der Waals surface area contributed by atoms with Crippen molar-refractivity contribution in [3.05, 3.63) is 0 Å². The molecule has 0 amide bonds. The molecule has 172 valence electrons. The normalized spacial score (nSPS) is 43.7. The number of rotatable bonds is 4. The minimum Gasteiger partial charge on any atom is -0.759 e. The first-order valence-corrected chi connectivity index (χ1v) is 12.0. The molecule has 2 saturated heterocycles. The quantitative estimate of drug-likeness (QED) is 0.0925. The molecule has 7 N–H and O–H groups in total. The van der Waals surface area contributed by atoms with Gasteiger partial charge in [0.05, 0.1) is 19.3 Å². The Balaban J connectivity index is 0.00000133. The van der Waals surface area contributed by atoms with Crippen molar-refractivity contribution in [2.75, 3.05) is 33.2 Å². The second kappa shape index (κ2) is 13.5. The van der Waals surface area contributed by atoms with Crippen molar-refractivity contribution in [3.8, 4) is 0 Å². The van der Waals surface area contributed by atoms with Gasteiger partial charge in [0.15, 0.2) is 6.29 Å². The molecule has 4 unspecified atom stereocenters. The van der Waals surface area contributed by atoms with Crippen LogP contribution in [0.25, 0.3) is 0 Å². The van der Waals surface area contributed by atoms with Crippen LogP contribution in [0.1, 0.15) is 0 Å². The Kier molecular flexibility index (Phi) is 14.1. The molecule has 0 saturated carbocycles. The predicted molar refractivity (Wildman–Crippen MR) is 99.9 cm³/mol. The molecule has 2 aliphatic rings. The molecule has 10 atom stereocenters. The standard InChI is InChI=1S/C12H22O10S.C3H9P.Au/c13-1-3-5(15)6(16)8(18)11(20-3)22-10-4(2-14)21-12(23)9(19)7(10)17;1-4(2)3;/h3-19,23H,1-2H2;1-3H3;/q;;+1/t3?,4?,5-,6+,7-,8?,9?,10-,11+,12+;;/m1../s1. The number of hydrogen-bond acceptors (Lipinski definition) is 11. The molecule has 0 radical (unpaired) electrons. The number of hydrogen-bond donors (Lipinski definition) is 7. The molecule has 0 aliphatic carbocycles. The van der Waals surface area contributed by atoms with Crippen LogP contribution in [0.2, 0.25) is 0 Å². The molecular formula is C15H31AuO10PS+. The van der Waals surface area contributed by atoms with E-state index in [4.69, 9.17) is 31.9 Å². The zero-order chi connectivity index (χ0) is 20.9. The Labute approximate surface area is 186 Å². The molecule has 2 aliphatic heterocycles. The summed E-state index contributed by atoms with van der Waals surface area (Å²) in [6.45, 7) is 5.58. The Hall–Kier alpha value is 1.12. The van der Waals surface area contributed by atoms with E-state index in [2.05, 4.69) is 20.0 Å². The van der Waals surface area contributed by atoms with E-state index in [9.17, 15) is 30.6 Å². The summed E-state index contributed by atoms with van der Waals surface area (Å²) in [5.74, 6) is 0. The average molecular weight is 631 g/mol. The van der Waals surface area contributed by atoms with E-state index in [-0.39, 0.29) is 30.3 Å². The van der Waals surface area contributed by atoms with Gasteiger partial charge in [-0.1, -0.05) is 0 Å². The SMILES string of the molecule is C[PH+](C)C.OCC1O[C@@H](O[C@@H]2C(CO)O[C@@H]([S-])C(O)[C@H]2O)C(O)[C@@H](O)[C@@H]1O.[Au+]. The molecule has 0 aromatic carbocycles. The van der Waals surface area contributed by atoms with Gasteiger partial charge < -0.3 is 62.6 Å². The maximum absolute atomic E-state index is 10.0. The van der Waals surface area contributed by atoms with E-state index in [0.29, 0.717) is 0 Å².